The molecule has 6 aromatic carbocycles. The number of fused-ring (bicyclic) bond motifs is 1. The summed E-state index contributed by atoms with van der Waals surface area (Å²) in [6, 6.07) is 25.7. The third kappa shape index (κ3) is 8.93. The lowest BCUT2D eigenvalue weighted by molar-refractivity contribution is 0.466. The van der Waals surface area contributed by atoms with Crippen LogP contribution in [-0.2, 0) is 17.3 Å². The molecule has 8 aromatic rings. The average Bonchev–Trinajstić information content (AvgIpc) is 3.89. The van der Waals surface area contributed by atoms with Gasteiger partial charge in [-0.2, -0.15) is 0 Å². The number of benzene rings is 6. The molecule has 0 saturated heterocycles. The fourth-order valence-electron chi connectivity index (χ4n) is 8.18. The summed E-state index contributed by atoms with van der Waals surface area (Å²) in [6.07, 6.45) is 0.0576. The highest BCUT2D eigenvalue weighted by atomic mass is 16.3. The zero-order valence-electron chi connectivity index (χ0n) is 54.0. The largest absolute Gasteiger partial charge is 0.507 e. The topological polar surface area (TPSA) is 50.9 Å². The predicted molar refractivity (Wildman–Crippen MR) is 272 cm³/mol. The van der Waals surface area contributed by atoms with Gasteiger partial charge in [-0.3, -0.25) is 9.55 Å². The van der Waals surface area contributed by atoms with Crippen molar-refractivity contribution in [2.24, 2.45) is 5.92 Å². The lowest BCUT2D eigenvalue weighted by Crippen LogP contribution is -2.11. The molecule has 0 saturated carbocycles. The van der Waals surface area contributed by atoms with E-state index in [0.717, 1.165) is 45.5 Å². The SMILES string of the molecule is [2H]c1nc(-c2cc(-c3cccc4c3nc(-c3cc(C(C)C)cc(C(C)C)c3O)n4-c3ccc(-c4ccccc4)c(CC(C)C)c3)cc(C(C)(C)C)c2)c([2H])c(-c2c([2H])c([2H])c(C(C([2H])([2H])[2H])(C([2H])([2H])[2H])C([2H])([2H])[2H])c([2H])c2[2H])c1[2H]. The van der Waals surface area contributed by atoms with Crippen molar-refractivity contribution in [3.05, 3.63) is 167 Å². The Morgan fingerprint density at radius 1 is 0.641 bits per heavy atom. The van der Waals surface area contributed by atoms with Crippen molar-refractivity contribution in [1.82, 2.24) is 14.5 Å². The molecule has 2 heterocycles. The minimum Gasteiger partial charge on any atom is -0.507 e. The van der Waals surface area contributed by atoms with Crippen LogP contribution in [-0.4, -0.2) is 19.6 Å². The van der Waals surface area contributed by atoms with E-state index in [-0.39, 0.29) is 28.8 Å². The van der Waals surface area contributed by atoms with E-state index < -0.39 is 90.5 Å². The summed E-state index contributed by atoms with van der Waals surface area (Å²) >= 11 is 0. The van der Waals surface area contributed by atoms with Gasteiger partial charge in [-0.05, 0) is 139 Å². The number of imidazole rings is 1. The van der Waals surface area contributed by atoms with Crippen LogP contribution >= 0.6 is 0 Å². The lowest BCUT2D eigenvalue weighted by atomic mass is 9.83. The van der Waals surface area contributed by atoms with Crippen molar-refractivity contribution in [1.29, 1.82) is 0 Å². The maximum absolute atomic E-state index is 12.3. The predicted octanol–water partition coefficient (Wildman–Crippen LogP) is 16.5. The van der Waals surface area contributed by atoms with E-state index in [1.165, 1.54) is 0 Å². The van der Waals surface area contributed by atoms with Crippen LogP contribution < -0.4 is 0 Å². The van der Waals surface area contributed by atoms with Gasteiger partial charge >= 0.3 is 0 Å². The van der Waals surface area contributed by atoms with Crippen LogP contribution in [0.5, 0.6) is 5.75 Å². The van der Waals surface area contributed by atoms with Gasteiger partial charge in [0.15, 0.2) is 0 Å². The van der Waals surface area contributed by atoms with Crippen molar-refractivity contribution < 1.29 is 27.0 Å². The van der Waals surface area contributed by atoms with Gasteiger partial charge in [0.2, 0.25) is 0 Å². The Balaban J connectivity index is 1.43. The number of hydrogen-bond acceptors (Lipinski definition) is 3. The molecular formula is C60H65N3O. The number of para-hydroxylation sites is 1. The van der Waals surface area contributed by atoms with E-state index in [4.69, 9.17) is 22.8 Å². The Bertz CT molecular complexity index is 3650. The maximum atomic E-state index is 12.3. The first kappa shape index (κ1) is 28.5. The van der Waals surface area contributed by atoms with Crippen LogP contribution in [0.25, 0.3) is 72.7 Å². The molecule has 1 N–H and O–H groups in total. The second-order valence-corrected chi connectivity index (χ2v) is 18.8. The number of phenolic OH excluding ortho intramolecular Hbond substituents is 1. The smallest absolute Gasteiger partial charge is 0.149 e. The molecule has 0 unspecified atom stereocenters. The number of aromatic nitrogens is 3. The first-order chi connectivity index (χ1) is 37.0. The minimum atomic E-state index is -3.92. The zero-order valence-corrected chi connectivity index (χ0v) is 38.0. The molecule has 0 atom stereocenters. The van der Waals surface area contributed by atoms with Crippen LogP contribution in [0.3, 0.4) is 0 Å². The van der Waals surface area contributed by atoms with Gasteiger partial charge in [0.1, 0.15) is 11.6 Å². The first-order valence-corrected chi connectivity index (χ1v) is 21.9. The van der Waals surface area contributed by atoms with E-state index in [2.05, 4.69) is 67.6 Å². The fraction of sp³-hybridized carbons (Fsp3) is 0.300. The number of phenols is 1. The second-order valence-electron chi connectivity index (χ2n) is 18.8. The molecule has 8 rings (SSSR count). The van der Waals surface area contributed by atoms with E-state index in [1.54, 1.807) is 12.1 Å². The van der Waals surface area contributed by atoms with E-state index in [1.807, 2.05) is 89.2 Å². The molecule has 64 heavy (non-hydrogen) atoms. The highest BCUT2D eigenvalue weighted by molar-refractivity contribution is 5.97. The van der Waals surface area contributed by atoms with E-state index >= 15 is 0 Å². The second kappa shape index (κ2) is 17.4. The monoisotopic (exact) mass is 860 g/mol. The van der Waals surface area contributed by atoms with Gasteiger partial charge < -0.3 is 5.11 Å². The van der Waals surface area contributed by atoms with Crippen LogP contribution in [0, 0.1) is 5.92 Å². The summed E-state index contributed by atoms with van der Waals surface area (Å²) in [7, 11) is 0. The van der Waals surface area contributed by atoms with Crippen molar-refractivity contribution in [2.75, 3.05) is 0 Å². The quantitative estimate of drug-likeness (QED) is 0.149. The van der Waals surface area contributed by atoms with Crippen molar-refractivity contribution in [3.8, 4) is 67.5 Å². The summed E-state index contributed by atoms with van der Waals surface area (Å²) in [4.78, 5) is 9.90. The molecule has 326 valence electrons. The summed E-state index contributed by atoms with van der Waals surface area (Å²) in [5.74, 6) is 0.999. The molecule has 0 spiro atoms. The highest BCUT2D eigenvalue weighted by Gasteiger charge is 2.25. The van der Waals surface area contributed by atoms with Crippen LogP contribution in [0.15, 0.2) is 139 Å². The molecule has 0 radical (unpaired) electrons. The molecule has 4 nitrogen and oxygen atoms in total. The van der Waals surface area contributed by atoms with Crippen LogP contribution in [0.1, 0.15) is 144 Å². The number of pyridine rings is 1. The first-order valence-electron chi connectivity index (χ1n) is 29.9. The molecule has 0 aliphatic rings. The van der Waals surface area contributed by atoms with Crippen molar-refractivity contribution in [2.45, 2.75) is 112 Å². The standard InChI is InChI=1S/C60H65N3O/c1-37(2)29-44-33-49(25-26-50(44)41-17-14-13-15-18-41)63-55-20-16-19-51(56(55)62-58(63)53-35-43(38(3)4)34-52(39(5)6)57(53)64)45-30-46(32-48(31-45)60(10,11)12)54-36-42(27-28-61-54)40-21-23-47(24-22-40)59(7,8)9/h13-28,30-39,64H,29H2,1-12H3/i7D3,8D3,9D3,21D,22D,23D,24D,27D,28D,36D. The summed E-state index contributed by atoms with van der Waals surface area (Å²) in [5, 5.41) is 12.3. The third-order valence-corrected chi connectivity index (χ3v) is 11.7. The number of nitrogens with zero attached hydrogens (tertiary/aromatic N) is 3. The highest BCUT2D eigenvalue weighted by Crippen LogP contribution is 2.44. The molecule has 0 bridgehead atoms. The van der Waals surface area contributed by atoms with Crippen molar-refractivity contribution >= 4 is 11.0 Å². The Kier molecular flexibility index (Phi) is 7.74. The summed E-state index contributed by atoms with van der Waals surface area (Å²) in [5.41, 5.74) is 2.59. The summed E-state index contributed by atoms with van der Waals surface area (Å²) < 4.78 is 141. The average molecular weight is 860 g/mol. The van der Waals surface area contributed by atoms with Crippen LogP contribution in [0.4, 0.5) is 0 Å². The van der Waals surface area contributed by atoms with Crippen LogP contribution in [0.2, 0.25) is 0 Å². The third-order valence-electron chi connectivity index (χ3n) is 11.7. The fourth-order valence-corrected chi connectivity index (χ4v) is 8.18. The Morgan fingerprint density at radius 2 is 1.38 bits per heavy atom. The number of rotatable bonds is 10. The molecule has 2 aromatic heterocycles. The molecule has 0 aliphatic heterocycles. The van der Waals surface area contributed by atoms with Gasteiger partial charge in [0, 0.05) is 35.3 Å². The normalized spacial score (nSPS) is 16.5. The Hall–Kier alpha value is -6.26. The molecule has 0 aliphatic carbocycles. The number of aromatic hydroxyl groups is 1. The Labute approximate surface area is 404 Å². The van der Waals surface area contributed by atoms with Gasteiger partial charge in [0.25, 0.3) is 0 Å². The number of hydrogen-bond donors (Lipinski definition) is 1. The lowest BCUT2D eigenvalue weighted by Gasteiger charge is -2.22. The van der Waals surface area contributed by atoms with E-state index in [9.17, 15) is 9.22 Å². The minimum absolute atomic E-state index is 0.0295. The van der Waals surface area contributed by atoms with Gasteiger partial charge in [-0.25, -0.2) is 4.98 Å². The zero-order chi connectivity index (χ0) is 59.3. The molecular weight excluding hydrogens is 779 g/mol. The molecule has 0 fully saturated rings. The van der Waals surface area contributed by atoms with Gasteiger partial charge in [-0.1, -0.05) is 168 Å². The Morgan fingerprint density at radius 3 is 2.05 bits per heavy atom. The van der Waals surface area contributed by atoms with Gasteiger partial charge in [0.05, 0.1) is 31.9 Å². The van der Waals surface area contributed by atoms with E-state index in [0.29, 0.717) is 39.5 Å². The molecule has 4 heteroatoms. The maximum Gasteiger partial charge on any atom is 0.149 e. The summed E-state index contributed by atoms with van der Waals surface area (Å²) in [6.45, 7) is 6.85. The van der Waals surface area contributed by atoms with Gasteiger partial charge in [-0.15, -0.1) is 0 Å². The van der Waals surface area contributed by atoms with Crippen molar-refractivity contribution in [3.63, 3.8) is 0 Å². The molecule has 0 amide bonds.